The molecule has 1 atom stereocenters. The van der Waals surface area contributed by atoms with E-state index in [-0.39, 0.29) is 11.8 Å². The van der Waals surface area contributed by atoms with Gasteiger partial charge in [-0.2, -0.15) is 0 Å². The standard InChI is InChI=1S/C29H40N8O2S/c1-34(2)28(38)27-25(20-6-4-5-7-20)26-23(40(27)39)19-31-29(33-26)32-24-9-8-22(18-30-24)36-12-10-21(11-13-36)37-16-14-35(3)15-17-37/h8-9,18-21H,4-7,10-17H2,1-3H3,(H,30,31,32,33). The van der Waals surface area contributed by atoms with Gasteiger partial charge in [-0.1, -0.05) is 12.8 Å². The Kier molecular flexibility index (Phi) is 7.87. The number of piperazine rings is 1. The van der Waals surface area contributed by atoms with Crippen molar-refractivity contribution in [1.82, 2.24) is 29.7 Å². The van der Waals surface area contributed by atoms with E-state index in [0.717, 1.165) is 63.1 Å². The molecule has 1 N–H and O–H groups in total. The highest BCUT2D eigenvalue weighted by Gasteiger charge is 2.40. The number of aromatic nitrogens is 3. The van der Waals surface area contributed by atoms with Crippen molar-refractivity contribution in [3.8, 4) is 0 Å². The highest BCUT2D eigenvalue weighted by Crippen LogP contribution is 2.46. The van der Waals surface area contributed by atoms with E-state index in [4.69, 9.17) is 4.98 Å². The van der Waals surface area contributed by atoms with Crippen molar-refractivity contribution in [3.05, 3.63) is 35.1 Å². The predicted molar refractivity (Wildman–Crippen MR) is 158 cm³/mol. The Bertz CT molecular complexity index is 1290. The van der Waals surface area contributed by atoms with Gasteiger partial charge in [0, 0.05) is 71.2 Å². The van der Waals surface area contributed by atoms with Gasteiger partial charge in [-0.25, -0.2) is 19.2 Å². The van der Waals surface area contributed by atoms with Gasteiger partial charge in [-0.15, -0.1) is 0 Å². The van der Waals surface area contributed by atoms with Crippen molar-refractivity contribution in [2.45, 2.75) is 49.5 Å². The molecule has 1 unspecified atom stereocenters. The number of allylic oxidation sites excluding steroid dienone is 1. The van der Waals surface area contributed by atoms with Crippen molar-refractivity contribution in [3.63, 3.8) is 0 Å². The second-order valence-electron chi connectivity index (χ2n) is 11.7. The summed E-state index contributed by atoms with van der Waals surface area (Å²) in [5.74, 6) is 1.05. The Morgan fingerprint density at radius 3 is 2.35 bits per heavy atom. The molecule has 2 saturated heterocycles. The van der Waals surface area contributed by atoms with Crippen LogP contribution in [0.2, 0.25) is 0 Å². The lowest BCUT2D eigenvalue weighted by atomic mass is 9.94. The molecule has 6 rings (SSSR count). The third-order valence-electron chi connectivity index (χ3n) is 8.88. The van der Waals surface area contributed by atoms with Crippen LogP contribution in [0.1, 0.15) is 44.2 Å². The van der Waals surface area contributed by atoms with E-state index in [0.29, 0.717) is 33.3 Å². The smallest absolute Gasteiger partial charge is 0.263 e. The summed E-state index contributed by atoms with van der Waals surface area (Å²) in [7, 11) is 4.04. The molecule has 0 aromatic carbocycles. The van der Waals surface area contributed by atoms with Crippen LogP contribution in [0, 0.1) is 5.92 Å². The molecule has 0 bridgehead atoms. The molecule has 4 aliphatic rings. The third-order valence-corrected chi connectivity index (χ3v) is 10.3. The molecule has 0 spiro atoms. The fraction of sp³-hybridized carbons (Fsp3) is 0.586. The zero-order valence-corrected chi connectivity index (χ0v) is 24.6. The fourth-order valence-corrected chi connectivity index (χ4v) is 8.01. The Morgan fingerprint density at radius 1 is 0.975 bits per heavy atom. The SMILES string of the molecule is CN1CCN(C2CCN(c3ccc(Nc4ncc5c(n4)C(C4CCCC4)=C(C(=O)N(C)C)S5=O)nc3)CC2)CC1. The van der Waals surface area contributed by atoms with E-state index in [9.17, 15) is 9.00 Å². The Hall–Kier alpha value is -2.89. The maximum Gasteiger partial charge on any atom is 0.263 e. The zero-order chi connectivity index (χ0) is 27.8. The van der Waals surface area contributed by atoms with Crippen molar-refractivity contribution in [2.75, 3.05) is 70.6 Å². The number of anilines is 3. The molecule has 10 nitrogen and oxygen atoms in total. The molecule has 2 aromatic rings. The molecule has 3 aliphatic heterocycles. The summed E-state index contributed by atoms with van der Waals surface area (Å²) in [6.07, 6.45) is 10.1. The summed E-state index contributed by atoms with van der Waals surface area (Å²) in [5.41, 5.74) is 2.62. The lowest BCUT2D eigenvalue weighted by Gasteiger charge is -2.42. The van der Waals surface area contributed by atoms with Gasteiger partial charge in [0.25, 0.3) is 5.91 Å². The molecule has 1 aliphatic carbocycles. The quantitative estimate of drug-likeness (QED) is 0.568. The van der Waals surface area contributed by atoms with E-state index in [2.05, 4.69) is 43.1 Å². The molecule has 40 heavy (non-hydrogen) atoms. The number of piperidine rings is 1. The predicted octanol–water partition coefficient (Wildman–Crippen LogP) is 2.94. The summed E-state index contributed by atoms with van der Waals surface area (Å²) >= 11 is 0. The number of fused-ring (bicyclic) bond motifs is 1. The minimum Gasteiger partial charge on any atom is -0.370 e. The van der Waals surface area contributed by atoms with Crippen LogP contribution in [0.25, 0.3) is 5.57 Å². The largest absolute Gasteiger partial charge is 0.370 e. The molecule has 5 heterocycles. The van der Waals surface area contributed by atoms with Gasteiger partial charge in [0.1, 0.15) is 10.7 Å². The summed E-state index contributed by atoms with van der Waals surface area (Å²) in [4.78, 5) is 36.8. The molecule has 1 saturated carbocycles. The number of nitrogens with zero attached hydrogens (tertiary/aromatic N) is 7. The number of hydrogen-bond donors (Lipinski definition) is 1. The van der Waals surface area contributed by atoms with Gasteiger partial charge < -0.3 is 20.0 Å². The molecular weight excluding hydrogens is 524 g/mol. The third kappa shape index (κ3) is 5.38. The van der Waals surface area contributed by atoms with Gasteiger partial charge >= 0.3 is 0 Å². The van der Waals surface area contributed by atoms with Crippen LogP contribution in [0.3, 0.4) is 0 Å². The normalized spacial score (nSPS) is 23.1. The van der Waals surface area contributed by atoms with Crippen LogP contribution in [-0.2, 0) is 15.6 Å². The van der Waals surface area contributed by atoms with Crippen molar-refractivity contribution in [1.29, 1.82) is 0 Å². The second-order valence-corrected chi connectivity index (χ2v) is 13.1. The average molecular weight is 565 g/mol. The number of carbonyl (C=O) groups is 1. The number of rotatable bonds is 6. The first kappa shape index (κ1) is 27.3. The topological polar surface area (TPSA) is 97.8 Å². The highest BCUT2D eigenvalue weighted by atomic mass is 32.2. The summed E-state index contributed by atoms with van der Waals surface area (Å²) in [6, 6.07) is 4.75. The average Bonchev–Trinajstić information content (AvgIpc) is 3.60. The van der Waals surface area contributed by atoms with E-state index >= 15 is 0 Å². The van der Waals surface area contributed by atoms with Gasteiger partial charge in [0.2, 0.25) is 5.95 Å². The van der Waals surface area contributed by atoms with Gasteiger partial charge in [-0.05, 0) is 50.8 Å². The lowest BCUT2D eigenvalue weighted by Crippen LogP contribution is -2.52. The first-order chi connectivity index (χ1) is 19.4. The summed E-state index contributed by atoms with van der Waals surface area (Å²) in [5, 5.41) is 3.23. The van der Waals surface area contributed by atoms with Crippen LogP contribution < -0.4 is 10.2 Å². The minimum atomic E-state index is -1.57. The van der Waals surface area contributed by atoms with Gasteiger partial charge in [-0.3, -0.25) is 9.69 Å². The van der Waals surface area contributed by atoms with Crippen LogP contribution in [0.5, 0.6) is 0 Å². The maximum atomic E-state index is 13.4. The molecule has 3 fully saturated rings. The minimum absolute atomic E-state index is 0.199. The second kappa shape index (κ2) is 11.5. The van der Waals surface area contributed by atoms with E-state index in [1.54, 1.807) is 20.3 Å². The Labute approximate surface area is 239 Å². The number of carbonyl (C=O) groups excluding carboxylic acids is 1. The van der Waals surface area contributed by atoms with E-state index in [1.165, 1.54) is 30.8 Å². The maximum absolute atomic E-state index is 13.4. The summed E-state index contributed by atoms with van der Waals surface area (Å²) < 4.78 is 13.4. The summed E-state index contributed by atoms with van der Waals surface area (Å²) in [6.45, 7) is 6.77. The highest BCUT2D eigenvalue weighted by molar-refractivity contribution is 7.90. The van der Waals surface area contributed by atoms with E-state index in [1.807, 2.05) is 12.3 Å². The molecule has 214 valence electrons. The van der Waals surface area contributed by atoms with Crippen LogP contribution >= 0.6 is 0 Å². The van der Waals surface area contributed by atoms with Gasteiger partial charge in [0.15, 0.2) is 0 Å². The first-order valence-corrected chi connectivity index (χ1v) is 15.7. The van der Waals surface area contributed by atoms with Crippen molar-refractivity contribution in [2.24, 2.45) is 5.92 Å². The number of hydrogen-bond acceptors (Lipinski definition) is 9. The Morgan fingerprint density at radius 2 is 1.70 bits per heavy atom. The zero-order valence-electron chi connectivity index (χ0n) is 23.8. The Balaban J connectivity index is 1.14. The molecule has 2 aromatic heterocycles. The van der Waals surface area contributed by atoms with E-state index < -0.39 is 10.8 Å². The molecule has 0 radical (unpaired) electrons. The fourth-order valence-electron chi connectivity index (χ4n) is 6.51. The first-order valence-electron chi connectivity index (χ1n) is 14.5. The van der Waals surface area contributed by atoms with Crippen molar-refractivity contribution >= 4 is 39.7 Å². The van der Waals surface area contributed by atoms with Crippen LogP contribution in [0.15, 0.2) is 34.3 Å². The van der Waals surface area contributed by atoms with Crippen molar-refractivity contribution < 1.29 is 9.00 Å². The number of pyridine rings is 1. The van der Waals surface area contributed by atoms with Gasteiger partial charge in [0.05, 0.1) is 33.3 Å². The lowest BCUT2D eigenvalue weighted by molar-refractivity contribution is -0.123. The number of nitrogens with one attached hydrogen (secondary N) is 1. The molecular formula is C29H40N8O2S. The molecule has 11 heteroatoms. The number of amides is 1. The number of likely N-dealkylation sites (N-methyl/N-ethyl adjacent to an activating group) is 2. The van der Waals surface area contributed by atoms with Crippen LogP contribution in [0.4, 0.5) is 17.5 Å². The van der Waals surface area contributed by atoms with Crippen LogP contribution in [-0.4, -0.2) is 106 Å². The monoisotopic (exact) mass is 564 g/mol. The molecule has 1 amide bonds.